The third-order valence-electron chi connectivity index (χ3n) is 7.31. The number of carboxylic acids is 1. The summed E-state index contributed by atoms with van der Waals surface area (Å²) >= 11 is 0. The van der Waals surface area contributed by atoms with E-state index >= 15 is 0 Å². The van der Waals surface area contributed by atoms with Crippen LogP contribution < -0.4 is 13.8 Å². The third kappa shape index (κ3) is 4.02. The summed E-state index contributed by atoms with van der Waals surface area (Å²) in [5.41, 5.74) is -0.865. The normalized spacial score (nSPS) is 23.0. The second-order valence-electron chi connectivity index (χ2n) is 9.49. The summed E-state index contributed by atoms with van der Waals surface area (Å²) in [6.45, 7) is 4.49. The summed E-state index contributed by atoms with van der Waals surface area (Å²) in [5, 5.41) is 8.93. The van der Waals surface area contributed by atoms with Crippen molar-refractivity contribution in [1.82, 2.24) is 0 Å². The van der Waals surface area contributed by atoms with Crippen molar-refractivity contribution < 1.29 is 32.6 Å². The Balaban J connectivity index is 1.43. The molecule has 2 atom stereocenters. The van der Waals surface area contributed by atoms with Gasteiger partial charge in [-0.15, -0.1) is 0 Å². The summed E-state index contributed by atoms with van der Waals surface area (Å²) < 4.78 is 38.4. The van der Waals surface area contributed by atoms with E-state index in [-0.39, 0.29) is 30.5 Å². The first kappa shape index (κ1) is 24.1. The topological polar surface area (TPSA) is 110 Å². The molecule has 2 aromatic rings. The van der Waals surface area contributed by atoms with E-state index in [0.717, 1.165) is 12.7 Å². The number of rotatable bonds is 9. The molecule has 0 heterocycles. The molecule has 0 radical (unpaired) electrons. The molecule has 9 heteroatoms. The average Bonchev–Trinajstić information content (AvgIpc) is 3.12. The number of fused-ring (bicyclic) bond motifs is 2. The van der Waals surface area contributed by atoms with Gasteiger partial charge in [0.15, 0.2) is 5.78 Å². The fourth-order valence-corrected chi connectivity index (χ4v) is 7.01. The predicted molar refractivity (Wildman–Crippen MR) is 127 cm³/mol. The van der Waals surface area contributed by atoms with Gasteiger partial charge in [-0.2, -0.15) is 0 Å². The van der Waals surface area contributed by atoms with Crippen LogP contribution in [-0.4, -0.2) is 50.3 Å². The van der Waals surface area contributed by atoms with Gasteiger partial charge in [-0.25, -0.2) is 13.2 Å². The molecule has 2 saturated carbocycles. The number of hydrogen-bond donors (Lipinski definition) is 1. The minimum absolute atomic E-state index is 0.00645. The van der Waals surface area contributed by atoms with Gasteiger partial charge in [-0.05, 0) is 72.7 Å². The number of nitrogens with zero attached hydrogens (tertiary/aromatic N) is 1. The first-order chi connectivity index (χ1) is 16.0. The molecule has 0 spiro atoms. The number of Topliss-reactive ketones (excluding diaryl/α,β-unsaturated/α-hetero) is 1. The molecule has 2 aromatic carbocycles. The lowest BCUT2D eigenvalue weighted by atomic mass is 9.75. The molecular formula is C25H29NO7S. The summed E-state index contributed by atoms with van der Waals surface area (Å²) in [4.78, 5) is 24.0. The standard InChI is InChI=1S/C25H29NO7S/c1-24(2)18-12-13-25(24,22(27)16-18)26(34(3,30)31)19-6-10-21(11-7-19)33-15-14-32-20-8-4-17(5-9-20)23(28)29/h4-11,18H,12-16H2,1-3H3,(H,28,29). The summed E-state index contributed by atoms with van der Waals surface area (Å²) in [6.07, 6.45) is 2.94. The van der Waals surface area contributed by atoms with Crippen molar-refractivity contribution in [3.63, 3.8) is 0 Å². The van der Waals surface area contributed by atoms with Crippen molar-refractivity contribution in [2.75, 3.05) is 23.8 Å². The summed E-state index contributed by atoms with van der Waals surface area (Å²) in [6, 6.07) is 12.8. The van der Waals surface area contributed by atoms with Crippen LogP contribution in [-0.2, 0) is 14.8 Å². The number of sulfonamides is 1. The number of carbonyl (C=O) groups excluding carboxylic acids is 1. The Morgan fingerprint density at radius 1 is 1.03 bits per heavy atom. The number of benzene rings is 2. The van der Waals surface area contributed by atoms with Gasteiger partial charge in [-0.3, -0.25) is 9.10 Å². The van der Waals surface area contributed by atoms with Crippen LogP contribution in [0.3, 0.4) is 0 Å². The van der Waals surface area contributed by atoms with Gasteiger partial charge >= 0.3 is 5.97 Å². The quantitative estimate of drug-likeness (QED) is 0.536. The number of carbonyl (C=O) groups is 2. The number of carboxylic acid groups (broad SMARTS) is 1. The first-order valence-corrected chi connectivity index (χ1v) is 13.0. The lowest BCUT2D eigenvalue weighted by Gasteiger charge is -2.45. The molecule has 2 fully saturated rings. The third-order valence-corrected chi connectivity index (χ3v) is 8.49. The largest absolute Gasteiger partial charge is 0.490 e. The van der Waals surface area contributed by atoms with Gasteiger partial charge in [-0.1, -0.05) is 13.8 Å². The van der Waals surface area contributed by atoms with Gasteiger partial charge in [0.2, 0.25) is 10.0 Å². The van der Waals surface area contributed by atoms with Gasteiger partial charge in [0.05, 0.1) is 17.5 Å². The zero-order valence-corrected chi connectivity index (χ0v) is 20.3. The van der Waals surface area contributed by atoms with Crippen molar-refractivity contribution in [3.05, 3.63) is 54.1 Å². The van der Waals surface area contributed by atoms with Crippen LogP contribution >= 0.6 is 0 Å². The predicted octanol–water partition coefficient (Wildman–Crippen LogP) is 3.76. The van der Waals surface area contributed by atoms with Crippen LogP contribution in [0.15, 0.2) is 48.5 Å². The highest BCUT2D eigenvalue weighted by atomic mass is 32.2. The average molecular weight is 488 g/mol. The molecule has 182 valence electrons. The minimum Gasteiger partial charge on any atom is -0.490 e. The van der Waals surface area contributed by atoms with Crippen LogP contribution in [0.1, 0.15) is 43.5 Å². The highest BCUT2D eigenvalue weighted by Crippen LogP contribution is 2.62. The molecule has 2 unspecified atom stereocenters. The number of anilines is 1. The maximum Gasteiger partial charge on any atom is 0.335 e. The van der Waals surface area contributed by atoms with Gasteiger partial charge in [0, 0.05) is 6.42 Å². The fraction of sp³-hybridized carbons (Fsp3) is 0.440. The fourth-order valence-electron chi connectivity index (χ4n) is 5.51. The zero-order valence-electron chi connectivity index (χ0n) is 19.5. The van der Waals surface area contributed by atoms with Crippen molar-refractivity contribution >= 4 is 27.5 Å². The summed E-state index contributed by atoms with van der Waals surface area (Å²) in [7, 11) is -3.71. The Hall–Kier alpha value is -3.07. The van der Waals surface area contributed by atoms with Gasteiger partial charge in [0.25, 0.3) is 0 Å². The van der Waals surface area contributed by atoms with E-state index in [9.17, 15) is 18.0 Å². The van der Waals surface area contributed by atoms with Gasteiger partial charge in [0.1, 0.15) is 30.3 Å². The van der Waals surface area contributed by atoms with E-state index < -0.39 is 26.9 Å². The van der Waals surface area contributed by atoms with E-state index in [2.05, 4.69) is 0 Å². The maximum absolute atomic E-state index is 13.1. The van der Waals surface area contributed by atoms with Crippen LogP contribution in [0.25, 0.3) is 0 Å². The lowest BCUT2D eigenvalue weighted by molar-refractivity contribution is -0.123. The van der Waals surface area contributed by atoms with E-state index in [1.54, 1.807) is 36.4 Å². The lowest BCUT2D eigenvalue weighted by Crippen LogP contribution is -2.60. The molecule has 2 bridgehead atoms. The highest BCUT2D eigenvalue weighted by Gasteiger charge is 2.68. The number of aromatic carboxylic acids is 1. The van der Waals surface area contributed by atoms with Crippen LogP contribution in [0, 0.1) is 11.3 Å². The SMILES string of the molecule is CC1(C)C2CCC1(N(c1ccc(OCCOc3ccc(C(=O)O)cc3)cc1)S(C)(=O)=O)C(=O)C2. The van der Waals surface area contributed by atoms with E-state index in [4.69, 9.17) is 14.6 Å². The molecule has 0 amide bonds. The maximum atomic E-state index is 13.1. The Kier molecular flexibility index (Phi) is 6.10. The number of ether oxygens (including phenoxy) is 2. The number of hydrogen-bond acceptors (Lipinski definition) is 6. The van der Waals surface area contributed by atoms with E-state index in [0.29, 0.717) is 30.0 Å². The van der Waals surface area contributed by atoms with Crippen LogP contribution in [0.2, 0.25) is 0 Å². The Labute approximate surface area is 199 Å². The molecule has 2 aliphatic carbocycles. The molecule has 0 aliphatic heterocycles. The second-order valence-corrected chi connectivity index (χ2v) is 11.3. The van der Waals surface area contributed by atoms with Gasteiger partial charge < -0.3 is 14.6 Å². The highest BCUT2D eigenvalue weighted by molar-refractivity contribution is 7.92. The van der Waals surface area contributed by atoms with Crippen molar-refractivity contribution in [3.8, 4) is 11.5 Å². The van der Waals surface area contributed by atoms with Crippen LogP contribution in [0.5, 0.6) is 11.5 Å². The molecule has 8 nitrogen and oxygen atoms in total. The molecule has 0 aromatic heterocycles. The molecule has 1 N–H and O–H groups in total. The minimum atomic E-state index is -3.71. The summed E-state index contributed by atoms with van der Waals surface area (Å²) in [5.74, 6) is 0.257. The zero-order chi connectivity index (χ0) is 24.7. The van der Waals surface area contributed by atoms with E-state index in [1.807, 2.05) is 13.8 Å². The molecular weight excluding hydrogens is 458 g/mol. The Bertz CT molecular complexity index is 1190. The smallest absolute Gasteiger partial charge is 0.335 e. The van der Waals surface area contributed by atoms with Crippen molar-refractivity contribution in [2.24, 2.45) is 11.3 Å². The number of ketones is 1. The van der Waals surface area contributed by atoms with Crippen LogP contribution in [0.4, 0.5) is 5.69 Å². The molecule has 4 rings (SSSR count). The molecule has 0 saturated heterocycles. The Morgan fingerprint density at radius 3 is 1.97 bits per heavy atom. The second kappa shape index (κ2) is 8.61. The monoisotopic (exact) mass is 487 g/mol. The van der Waals surface area contributed by atoms with Crippen molar-refractivity contribution in [1.29, 1.82) is 0 Å². The van der Waals surface area contributed by atoms with E-state index in [1.165, 1.54) is 16.4 Å². The first-order valence-electron chi connectivity index (χ1n) is 11.2. The molecule has 34 heavy (non-hydrogen) atoms. The van der Waals surface area contributed by atoms with Crippen molar-refractivity contribution in [2.45, 2.75) is 38.6 Å². The molecule has 2 aliphatic rings. The Morgan fingerprint density at radius 2 is 1.56 bits per heavy atom.